The molecule has 1 amide bonds. The fourth-order valence-electron chi connectivity index (χ4n) is 3.14. The van der Waals surface area contributed by atoms with Gasteiger partial charge in [0, 0.05) is 12.4 Å². The molecule has 0 fully saturated rings. The third-order valence-corrected chi connectivity index (χ3v) is 4.23. The Kier molecular flexibility index (Phi) is 4.36. The Morgan fingerprint density at radius 3 is 2.21 bits per heavy atom. The molecule has 0 spiro atoms. The zero-order chi connectivity index (χ0) is 17.3. The molecule has 3 nitrogen and oxygen atoms in total. The number of nitrogens with zero attached hydrogens (tertiary/aromatic N) is 1. The first-order valence-corrected chi connectivity index (χ1v) is 7.94. The summed E-state index contributed by atoms with van der Waals surface area (Å²) < 4.78 is 0. The van der Waals surface area contributed by atoms with Crippen LogP contribution in [0.25, 0.3) is 21.9 Å². The topological polar surface area (TPSA) is 29.5 Å². The summed E-state index contributed by atoms with van der Waals surface area (Å²) in [5.74, 6) is -0.153. The highest BCUT2D eigenvalue weighted by atomic mass is 16.7. The van der Waals surface area contributed by atoms with Crippen molar-refractivity contribution in [3.8, 4) is 11.1 Å². The molecular formula is C21H21NO2. The van der Waals surface area contributed by atoms with Crippen molar-refractivity contribution in [2.45, 2.75) is 13.8 Å². The molecule has 0 unspecified atom stereocenters. The van der Waals surface area contributed by atoms with Crippen LogP contribution in [-0.2, 0) is 4.84 Å². The molecule has 0 heterocycles. The second kappa shape index (κ2) is 6.46. The fourth-order valence-corrected chi connectivity index (χ4v) is 3.14. The average Bonchev–Trinajstić information content (AvgIpc) is 2.58. The van der Waals surface area contributed by atoms with E-state index in [1.165, 1.54) is 23.3 Å². The lowest BCUT2D eigenvalue weighted by Crippen LogP contribution is -2.25. The number of rotatable bonds is 3. The quantitative estimate of drug-likeness (QED) is 0.652. The molecule has 0 aliphatic heterocycles. The van der Waals surface area contributed by atoms with E-state index >= 15 is 0 Å². The van der Waals surface area contributed by atoms with Gasteiger partial charge in [0.2, 0.25) is 0 Å². The number of amides is 1. The summed E-state index contributed by atoms with van der Waals surface area (Å²) in [4.78, 5) is 17.8. The van der Waals surface area contributed by atoms with Gasteiger partial charge in [0.05, 0.1) is 12.7 Å². The second-order valence-corrected chi connectivity index (χ2v) is 6.07. The minimum atomic E-state index is -0.153. The van der Waals surface area contributed by atoms with Crippen LogP contribution in [0.2, 0.25) is 0 Å². The number of hydrogen-bond donors (Lipinski definition) is 0. The van der Waals surface area contributed by atoms with E-state index in [0.717, 1.165) is 21.9 Å². The van der Waals surface area contributed by atoms with E-state index in [-0.39, 0.29) is 5.91 Å². The Labute approximate surface area is 142 Å². The fraction of sp³-hybridized carbons (Fsp3) is 0.190. The predicted molar refractivity (Wildman–Crippen MR) is 98.0 cm³/mol. The maximum atomic E-state index is 12.7. The van der Waals surface area contributed by atoms with Crippen molar-refractivity contribution in [1.82, 2.24) is 5.06 Å². The standard InChI is InChI=1S/C21H21NO2/c1-14-11-15(2)13-17(12-14)18-9-5-7-16-8-6-10-19(20(16)18)21(23)22(3)24-4/h5-13H,1-4H3. The number of hydrogen-bond acceptors (Lipinski definition) is 2. The molecule has 0 saturated carbocycles. The number of aryl methyl sites for hydroxylation is 2. The lowest BCUT2D eigenvalue weighted by molar-refractivity contribution is -0.0755. The van der Waals surface area contributed by atoms with Gasteiger partial charge in [-0.25, -0.2) is 5.06 Å². The summed E-state index contributed by atoms with van der Waals surface area (Å²) >= 11 is 0. The van der Waals surface area contributed by atoms with Crippen LogP contribution in [-0.4, -0.2) is 25.1 Å². The molecule has 0 aliphatic rings. The molecule has 0 aromatic heterocycles. The molecule has 24 heavy (non-hydrogen) atoms. The van der Waals surface area contributed by atoms with Crippen molar-refractivity contribution in [2.24, 2.45) is 0 Å². The Bertz CT molecular complexity index is 889. The highest BCUT2D eigenvalue weighted by Gasteiger charge is 2.17. The monoisotopic (exact) mass is 319 g/mol. The highest BCUT2D eigenvalue weighted by Crippen LogP contribution is 2.33. The molecular weight excluding hydrogens is 298 g/mol. The van der Waals surface area contributed by atoms with Crippen LogP contribution in [0.1, 0.15) is 21.5 Å². The average molecular weight is 319 g/mol. The van der Waals surface area contributed by atoms with Gasteiger partial charge in [0.1, 0.15) is 0 Å². The van der Waals surface area contributed by atoms with Crippen molar-refractivity contribution >= 4 is 16.7 Å². The van der Waals surface area contributed by atoms with Crippen LogP contribution >= 0.6 is 0 Å². The Hall–Kier alpha value is -2.65. The number of carbonyl (C=O) groups is 1. The van der Waals surface area contributed by atoms with Gasteiger partial charge in [-0.15, -0.1) is 0 Å². The SMILES string of the molecule is CON(C)C(=O)c1cccc2cccc(-c3cc(C)cc(C)c3)c12. The van der Waals surface area contributed by atoms with E-state index in [1.807, 2.05) is 30.3 Å². The maximum absolute atomic E-state index is 12.7. The number of fused-ring (bicyclic) bond motifs is 1. The molecule has 122 valence electrons. The number of benzene rings is 3. The summed E-state index contributed by atoms with van der Waals surface area (Å²) in [5, 5.41) is 3.26. The molecule has 0 atom stereocenters. The van der Waals surface area contributed by atoms with Crippen LogP contribution in [0.15, 0.2) is 54.6 Å². The van der Waals surface area contributed by atoms with E-state index in [1.54, 1.807) is 7.05 Å². The van der Waals surface area contributed by atoms with Gasteiger partial charge in [-0.3, -0.25) is 9.63 Å². The van der Waals surface area contributed by atoms with Crippen molar-refractivity contribution in [3.05, 3.63) is 71.3 Å². The van der Waals surface area contributed by atoms with E-state index < -0.39 is 0 Å². The second-order valence-electron chi connectivity index (χ2n) is 6.07. The largest absolute Gasteiger partial charge is 0.277 e. The van der Waals surface area contributed by atoms with Crippen molar-refractivity contribution in [1.29, 1.82) is 0 Å². The van der Waals surface area contributed by atoms with E-state index in [2.05, 4.69) is 38.1 Å². The lowest BCUT2D eigenvalue weighted by Gasteiger charge is -2.17. The van der Waals surface area contributed by atoms with E-state index in [0.29, 0.717) is 5.56 Å². The van der Waals surface area contributed by atoms with Crippen LogP contribution < -0.4 is 0 Å². The Morgan fingerprint density at radius 1 is 0.958 bits per heavy atom. The first-order chi connectivity index (χ1) is 11.5. The van der Waals surface area contributed by atoms with Crippen molar-refractivity contribution < 1.29 is 9.63 Å². The van der Waals surface area contributed by atoms with Gasteiger partial charge in [0.15, 0.2) is 0 Å². The normalized spacial score (nSPS) is 10.8. The first-order valence-electron chi connectivity index (χ1n) is 7.94. The molecule has 3 aromatic rings. The summed E-state index contributed by atoms with van der Waals surface area (Å²) in [6.07, 6.45) is 0. The van der Waals surface area contributed by atoms with Crippen molar-refractivity contribution in [3.63, 3.8) is 0 Å². The highest BCUT2D eigenvalue weighted by molar-refractivity contribution is 6.12. The predicted octanol–water partition coefficient (Wildman–Crippen LogP) is 4.76. The lowest BCUT2D eigenvalue weighted by atomic mass is 9.92. The zero-order valence-electron chi connectivity index (χ0n) is 14.5. The molecule has 0 aliphatic carbocycles. The van der Waals surface area contributed by atoms with Crippen molar-refractivity contribution in [2.75, 3.05) is 14.2 Å². The minimum absolute atomic E-state index is 0.153. The summed E-state index contributed by atoms with van der Waals surface area (Å²) in [6.45, 7) is 4.18. The van der Waals surface area contributed by atoms with Gasteiger partial charge < -0.3 is 0 Å². The molecule has 3 aromatic carbocycles. The Morgan fingerprint density at radius 2 is 1.58 bits per heavy atom. The number of carbonyl (C=O) groups excluding carboxylic acids is 1. The van der Waals surface area contributed by atoms with Crippen LogP contribution in [0.4, 0.5) is 0 Å². The molecule has 3 rings (SSSR count). The summed E-state index contributed by atoms with van der Waals surface area (Å²) in [6, 6.07) is 18.4. The van der Waals surface area contributed by atoms with Gasteiger partial charge >= 0.3 is 0 Å². The maximum Gasteiger partial charge on any atom is 0.277 e. The molecule has 0 N–H and O–H groups in total. The smallest absolute Gasteiger partial charge is 0.274 e. The van der Waals surface area contributed by atoms with Crippen LogP contribution in [0.5, 0.6) is 0 Å². The van der Waals surface area contributed by atoms with Crippen LogP contribution in [0.3, 0.4) is 0 Å². The van der Waals surface area contributed by atoms with E-state index in [9.17, 15) is 4.79 Å². The minimum Gasteiger partial charge on any atom is -0.274 e. The molecule has 0 saturated heterocycles. The van der Waals surface area contributed by atoms with Gasteiger partial charge in [0.25, 0.3) is 5.91 Å². The van der Waals surface area contributed by atoms with E-state index in [4.69, 9.17) is 4.84 Å². The summed E-state index contributed by atoms with van der Waals surface area (Å²) in [5.41, 5.74) is 5.25. The van der Waals surface area contributed by atoms with Gasteiger partial charge in [-0.05, 0) is 36.4 Å². The van der Waals surface area contributed by atoms with Gasteiger partial charge in [-0.1, -0.05) is 59.7 Å². The van der Waals surface area contributed by atoms with Gasteiger partial charge in [-0.2, -0.15) is 0 Å². The molecule has 0 radical (unpaired) electrons. The first kappa shape index (κ1) is 16.2. The number of hydroxylamine groups is 2. The third-order valence-electron chi connectivity index (χ3n) is 4.23. The van der Waals surface area contributed by atoms with Crippen LogP contribution in [0, 0.1) is 13.8 Å². The Balaban J connectivity index is 2.31. The third kappa shape index (κ3) is 2.91. The molecule has 0 bridgehead atoms. The summed E-state index contributed by atoms with van der Waals surface area (Å²) in [7, 11) is 3.12. The molecule has 3 heteroatoms. The zero-order valence-corrected chi connectivity index (χ0v) is 14.5.